The van der Waals surface area contributed by atoms with Crippen molar-refractivity contribution in [1.82, 2.24) is 10.4 Å². The molecule has 1 unspecified atom stereocenters. The fourth-order valence-electron chi connectivity index (χ4n) is 1.21. The van der Waals surface area contributed by atoms with Crippen molar-refractivity contribution >= 4 is 12.0 Å². The van der Waals surface area contributed by atoms with Gasteiger partial charge in [0.1, 0.15) is 0 Å². The van der Waals surface area contributed by atoms with Crippen LogP contribution in [0.15, 0.2) is 0 Å². The van der Waals surface area contributed by atoms with Gasteiger partial charge in [-0.25, -0.2) is 4.28 Å². The monoisotopic (exact) mass is 236 g/mol. The summed E-state index contributed by atoms with van der Waals surface area (Å²) in [7, 11) is 3.94. The van der Waals surface area contributed by atoms with Crippen molar-refractivity contribution in [3.63, 3.8) is 0 Å². The topological polar surface area (TPSA) is 24.5 Å². The lowest BCUT2D eigenvalue weighted by Gasteiger charge is -2.32. The summed E-state index contributed by atoms with van der Waals surface area (Å²) in [6, 6.07) is 0.435. The molecule has 0 radical (unpaired) electrons. The summed E-state index contributed by atoms with van der Waals surface area (Å²) in [6.07, 6.45) is 1.92. The van der Waals surface area contributed by atoms with Crippen LogP contribution >= 0.6 is 12.0 Å². The maximum atomic E-state index is 5.28. The first-order chi connectivity index (χ1) is 6.91. The summed E-state index contributed by atoms with van der Waals surface area (Å²) in [6.45, 7) is 11.6. The van der Waals surface area contributed by atoms with Gasteiger partial charge in [0.05, 0.1) is 0 Å². The van der Waals surface area contributed by atoms with Gasteiger partial charge in [0.15, 0.2) is 0 Å². The van der Waals surface area contributed by atoms with Crippen LogP contribution in [-0.2, 0) is 4.28 Å². The van der Waals surface area contributed by atoms with Gasteiger partial charge in [0.2, 0.25) is 0 Å². The molecule has 3 nitrogen and oxygen atoms in total. The van der Waals surface area contributed by atoms with E-state index < -0.39 is 0 Å². The minimum absolute atomic E-state index is 0.255. The van der Waals surface area contributed by atoms with Gasteiger partial charge < -0.3 is 5.32 Å². The number of hydrogen-bond acceptors (Lipinski definition) is 4. The molecule has 0 aromatic rings. The summed E-state index contributed by atoms with van der Waals surface area (Å²) < 4.78 is 5.28. The molecule has 0 saturated carbocycles. The minimum atomic E-state index is 0.255. The third-order valence-corrected chi connectivity index (χ3v) is 2.44. The Bertz CT molecular complexity index is 137. The van der Waals surface area contributed by atoms with Gasteiger partial charge in [-0.05, 0) is 12.5 Å². The molecule has 0 fully saturated rings. The highest BCUT2D eigenvalue weighted by Gasteiger charge is 2.24. The molecule has 0 aromatic carbocycles. The summed E-state index contributed by atoms with van der Waals surface area (Å²) in [5.74, 6) is 0. The Hall–Kier alpha value is 0.230. The van der Waals surface area contributed by atoms with Crippen LogP contribution in [0, 0.1) is 5.41 Å². The maximum Gasteiger partial charge on any atom is 0.0408 e. The Kier molecular flexibility index (Phi) is 11.1. The molecule has 0 bridgehead atoms. The molecule has 0 rings (SSSR count). The second-order valence-electron chi connectivity index (χ2n) is 4.26. The third-order valence-electron chi connectivity index (χ3n) is 2.04. The molecule has 0 aliphatic carbocycles. The van der Waals surface area contributed by atoms with Crippen LogP contribution < -0.4 is 5.32 Å². The van der Waals surface area contributed by atoms with Crippen LogP contribution in [0.5, 0.6) is 0 Å². The molecule has 1 atom stereocenters. The maximum absolute atomic E-state index is 5.28. The van der Waals surface area contributed by atoms with Crippen molar-refractivity contribution in [2.45, 2.75) is 40.7 Å². The Morgan fingerprint density at radius 1 is 1.33 bits per heavy atom. The van der Waals surface area contributed by atoms with Crippen LogP contribution in [0.3, 0.4) is 0 Å². The number of nitrogens with one attached hydrogen (secondary N) is 1. The predicted octanol–water partition coefficient (Wildman–Crippen LogP) is 2.79. The fraction of sp³-hybridized carbons (Fsp3) is 1.00. The predicted molar refractivity (Wildman–Crippen MR) is 70.9 cm³/mol. The van der Waals surface area contributed by atoms with Crippen molar-refractivity contribution in [1.29, 1.82) is 0 Å². The van der Waals surface area contributed by atoms with E-state index in [1.807, 2.05) is 39.3 Å². The Morgan fingerprint density at radius 3 is 2.07 bits per heavy atom. The van der Waals surface area contributed by atoms with Crippen LogP contribution in [0.1, 0.15) is 34.6 Å². The van der Waals surface area contributed by atoms with E-state index in [1.165, 1.54) is 12.0 Å². The molecule has 0 heterocycles. The number of rotatable bonds is 5. The van der Waals surface area contributed by atoms with Crippen LogP contribution in [-0.4, -0.2) is 38.0 Å². The van der Waals surface area contributed by atoms with Crippen LogP contribution in [0.4, 0.5) is 0 Å². The molecule has 1 N–H and O–H groups in total. The second-order valence-corrected chi connectivity index (χ2v) is 4.74. The van der Waals surface area contributed by atoms with Crippen molar-refractivity contribution < 1.29 is 4.28 Å². The molecular formula is C11H28N2OS. The Morgan fingerprint density at radius 2 is 1.80 bits per heavy atom. The first kappa shape index (κ1) is 17.6. The lowest BCUT2D eigenvalue weighted by Crippen LogP contribution is -2.45. The average molecular weight is 236 g/mol. The molecule has 0 aliphatic heterocycles. The summed E-state index contributed by atoms with van der Waals surface area (Å²) in [5, 5.41) is 5.16. The van der Waals surface area contributed by atoms with Gasteiger partial charge in [-0.3, -0.25) is 0 Å². The fourth-order valence-corrected chi connectivity index (χ4v) is 1.53. The average Bonchev–Trinajstić information content (AvgIpc) is 2.16. The summed E-state index contributed by atoms with van der Waals surface area (Å²) in [4.78, 5) is 0. The number of nitrogens with zero attached hydrogens (tertiary/aromatic N) is 1. The van der Waals surface area contributed by atoms with Crippen molar-refractivity contribution in [3.8, 4) is 0 Å². The van der Waals surface area contributed by atoms with Crippen LogP contribution in [0.2, 0.25) is 0 Å². The van der Waals surface area contributed by atoms with E-state index in [0.29, 0.717) is 6.04 Å². The quantitative estimate of drug-likeness (QED) is 0.586. The zero-order valence-corrected chi connectivity index (χ0v) is 12.4. The van der Waals surface area contributed by atoms with Gasteiger partial charge in [-0.15, -0.1) is 0 Å². The van der Waals surface area contributed by atoms with Gasteiger partial charge in [0.25, 0.3) is 0 Å². The standard InChI is InChI=1S/C9H22N2OS.C2H6/c1-9(2,3)8(10-4)7-11(5)12-13-6;1-2/h8,10H,7H2,1-6H3;1-2H3. The Labute approximate surface area is 100 Å². The van der Waals surface area contributed by atoms with E-state index in [2.05, 4.69) is 26.1 Å². The molecule has 0 aromatic heterocycles. The van der Waals surface area contributed by atoms with E-state index >= 15 is 0 Å². The number of hydrogen-bond donors (Lipinski definition) is 1. The van der Waals surface area contributed by atoms with Gasteiger partial charge in [-0.1, -0.05) is 34.6 Å². The van der Waals surface area contributed by atoms with Gasteiger partial charge >= 0.3 is 0 Å². The van der Waals surface area contributed by atoms with E-state index in [0.717, 1.165) is 6.54 Å². The molecule has 4 heteroatoms. The highest BCUT2D eigenvalue weighted by molar-refractivity contribution is 7.93. The molecule has 94 valence electrons. The number of hydroxylamine groups is 2. The highest BCUT2D eigenvalue weighted by atomic mass is 32.2. The zero-order chi connectivity index (χ0) is 12.5. The van der Waals surface area contributed by atoms with Gasteiger partial charge in [0, 0.05) is 37.9 Å². The van der Waals surface area contributed by atoms with E-state index in [-0.39, 0.29) is 5.41 Å². The Balaban J connectivity index is 0. The smallest absolute Gasteiger partial charge is 0.0408 e. The summed E-state index contributed by atoms with van der Waals surface area (Å²) >= 11 is 1.37. The molecule has 0 amide bonds. The van der Waals surface area contributed by atoms with Gasteiger partial charge in [-0.2, -0.15) is 5.06 Å². The largest absolute Gasteiger partial charge is 0.315 e. The highest BCUT2D eigenvalue weighted by Crippen LogP contribution is 2.19. The SMILES string of the molecule is CC.CNC(CN(C)OSC)C(C)(C)C. The van der Waals surface area contributed by atoms with E-state index in [9.17, 15) is 0 Å². The second kappa shape index (κ2) is 9.46. The minimum Gasteiger partial charge on any atom is -0.315 e. The zero-order valence-electron chi connectivity index (χ0n) is 11.5. The first-order valence-corrected chi connectivity index (χ1v) is 6.66. The molecule has 0 aliphatic rings. The third kappa shape index (κ3) is 9.18. The molecular weight excluding hydrogens is 208 g/mol. The lowest BCUT2D eigenvalue weighted by atomic mass is 9.87. The molecule has 15 heavy (non-hydrogen) atoms. The lowest BCUT2D eigenvalue weighted by molar-refractivity contribution is -0.0264. The normalized spacial score (nSPS) is 13.4. The van der Waals surface area contributed by atoms with Crippen molar-refractivity contribution in [3.05, 3.63) is 0 Å². The van der Waals surface area contributed by atoms with E-state index in [1.54, 1.807) is 0 Å². The van der Waals surface area contributed by atoms with E-state index in [4.69, 9.17) is 4.28 Å². The number of likely N-dealkylation sites (N-methyl/N-ethyl adjacent to an activating group) is 2. The molecule has 0 saturated heterocycles. The van der Waals surface area contributed by atoms with Crippen molar-refractivity contribution in [2.75, 3.05) is 26.9 Å². The van der Waals surface area contributed by atoms with Crippen molar-refractivity contribution in [2.24, 2.45) is 5.41 Å². The first-order valence-electron chi connectivity index (χ1n) is 5.51. The summed E-state index contributed by atoms with van der Waals surface area (Å²) in [5.41, 5.74) is 0.255. The van der Waals surface area contributed by atoms with Crippen LogP contribution in [0.25, 0.3) is 0 Å². The molecule has 0 spiro atoms.